The molecule has 0 aliphatic carbocycles. The molecule has 0 spiro atoms. The fourth-order valence-electron chi connectivity index (χ4n) is 1.03. The molecular formula is C10H13OS2. The van der Waals surface area contributed by atoms with Crippen molar-refractivity contribution in [2.24, 2.45) is 0 Å². The zero-order chi connectivity index (χ0) is 9.68. The predicted molar refractivity (Wildman–Crippen MR) is 59.4 cm³/mol. The van der Waals surface area contributed by atoms with Gasteiger partial charge in [0.2, 0.25) is 5.75 Å². The van der Waals surface area contributed by atoms with Crippen molar-refractivity contribution in [3.63, 3.8) is 0 Å². The van der Waals surface area contributed by atoms with Gasteiger partial charge in [-0.15, -0.1) is 23.5 Å². The van der Waals surface area contributed by atoms with Gasteiger partial charge in [-0.25, -0.2) is 0 Å². The lowest BCUT2D eigenvalue weighted by molar-refractivity contribution is 0.334. The molecule has 1 rings (SSSR count). The van der Waals surface area contributed by atoms with Crippen molar-refractivity contribution in [3.8, 4) is 5.75 Å². The van der Waals surface area contributed by atoms with Crippen LogP contribution in [0, 0.1) is 0 Å². The maximum Gasteiger partial charge on any atom is 0.205 e. The van der Waals surface area contributed by atoms with E-state index < -0.39 is 0 Å². The van der Waals surface area contributed by atoms with Crippen LogP contribution in [-0.4, -0.2) is 11.5 Å². The molecule has 0 saturated carbocycles. The molecule has 0 heterocycles. The van der Waals surface area contributed by atoms with Crippen LogP contribution in [0.1, 0.15) is 13.8 Å². The van der Waals surface area contributed by atoms with Gasteiger partial charge in [-0.05, 0) is 23.6 Å². The maximum absolute atomic E-state index is 11.7. The Bertz CT molecular complexity index is 249. The summed E-state index contributed by atoms with van der Waals surface area (Å²) in [7, 11) is 0. The molecule has 1 nitrogen and oxygen atoms in total. The van der Waals surface area contributed by atoms with Crippen LogP contribution in [0.5, 0.6) is 5.75 Å². The topological polar surface area (TPSA) is 19.9 Å². The number of hydrogen-bond acceptors (Lipinski definition) is 2. The van der Waals surface area contributed by atoms with E-state index in [1.807, 2.05) is 18.2 Å². The summed E-state index contributed by atoms with van der Waals surface area (Å²) >= 11 is 3.23. The molecule has 3 heteroatoms. The van der Waals surface area contributed by atoms with Gasteiger partial charge in [0.15, 0.2) is 0 Å². The minimum Gasteiger partial charge on any atom is -0.287 e. The summed E-state index contributed by atoms with van der Waals surface area (Å²) in [6, 6.07) is 5.75. The van der Waals surface area contributed by atoms with E-state index >= 15 is 0 Å². The first-order chi connectivity index (χ1) is 6.29. The van der Waals surface area contributed by atoms with Gasteiger partial charge in [0.25, 0.3) is 0 Å². The molecule has 1 aromatic rings. The Hall–Kier alpha value is -0.280. The first-order valence-corrected chi connectivity index (χ1v) is 6.32. The van der Waals surface area contributed by atoms with Crippen molar-refractivity contribution < 1.29 is 5.11 Å². The van der Waals surface area contributed by atoms with Crippen molar-refractivity contribution in [1.82, 2.24) is 0 Å². The van der Waals surface area contributed by atoms with E-state index in [1.54, 1.807) is 23.5 Å². The first kappa shape index (κ1) is 10.8. The van der Waals surface area contributed by atoms with E-state index in [0.29, 0.717) is 0 Å². The average Bonchev–Trinajstić information content (AvgIpc) is 2.13. The van der Waals surface area contributed by atoms with Crippen LogP contribution in [-0.2, 0) is 5.11 Å². The van der Waals surface area contributed by atoms with Crippen molar-refractivity contribution in [2.45, 2.75) is 23.6 Å². The molecule has 0 saturated heterocycles. The lowest BCUT2D eigenvalue weighted by Gasteiger charge is -2.04. The zero-order valence-electron chi connectivity index (χ0n) is 7.87. The molecular weight excluding hydrogens is 200 g/mol. The Labute approximate surface area is 87.9 Å². The van der Waals surface area contributed by atoms with Crippen molar-refractivity contribution in [3.05, 3.63) is 18.2 Å². The van der Waals surface area contributed by atoms with Gasteiger partial charge in [-0.3, -0.25) is 5.11 Å². The SMILES string of the molecule is CCSc1cccc(SCC)c1[O]. The normalized spacial score (nSPS) is 10.3. The van der Waals surface area contributed by atoms with Gasteiger partial charge in [0.1, 0.15) is 0 Å². The third kappa shape index (κ3) is 2.85. The van der Waals surface area contributed by atoms with Crippen molar-refractivity contribution in [1.29, 1.82) is 0 Å². The molecule has 1 radical (unpaired) electrons. The molecule has 0 aromatic heterocycles. The van der Waals surface area contributed by atoms with E-state index in [2.05, 4.69) is 13.8 Å². The highest BCUT2D eigenvalue weighted by molar-refractivity contribution is 8.00. The van der Waals surface area contributed by atoms with E-state index in [9.17, 15) is 5.11 Å². The first-order valence-electron chi connectivity index (χ1n) is 4.35. The molecule has 0 aliphatic rings. The highest BCUT2D eigenvalue weighted by Gasteiger charge is 2.08. The van der Waals surface area contributed by atoms with Gasteiger partial charge in [0.05, 0.1) is 9.79 Å². The molecule has 71 valence electrons. The number of hydrogen-bond donors (Lipinski definition) is 0. The number of para-hydroxylation sites is 1. The largest absolute Gasteiger partial charge is 0.287 e. The molecule has 0 atom stereocenters. The standard InChI is InChI=1S/C10H13OS2/c1-3-12-8-6-5-7-9(10(8)11)13-4-2/h5-7H,3-4H2,1-2H3. The van der Waals surface area contributed by atoms with Crippen LogP contribution in [0.4, 0.5) is 0 Å². The van der Waals surface area contributed by atoms with Gasteiger partial charge < -0.3 is 0 Å². The average molecular weight is 213 g/mol. The molecule has 0 N–H and O–H groups in total. The van der Waals surface area contributed by atoms with E-state index in [4.69, 9.17) is 0 Å². The van der Waals surface area contributed by atoms with E-state index in [0.717, 1.165) is 21.3 Å². The van der Waals surface area contributed by atoms with Gasteiger partial charge in [-0.2, -0.15) is 0 Å². The number of rotatable bonds is 4. The maximum atomic E-state index is 11.7. The molecule has 0 fully saturated rings. The highest BCUT2D eigenvalue weighted by Crippen LogP contribution is 2.37. The summed E-state index contributed by atoms with van der Waals surface area (Å²) in [5.74, 6) is 2.10. The van der Waals surface area contributed by atoms with Crippen LogP contribution >= 0.6 is 23.5 Å². The molecule has 0 unspecified atom stereocenters. The van der Waals surface area contributed by atoms with E-state index in [1.165, 1.54) is 0 Å². The minimum atomic E-state index is 0.196. The predicted octanol–water partition coefficient (Wildman–Crippen LogP) is 4.05. The lowest BCUT2D eigenvalue weighted by Crippen LogP contribution is -1.78. The third-order valence-electron chi connectivity index (χ3n) is 1.54. The third-order valence-corrected chi connectivity index (χ3v) is 3.38. The Morgan fingerprint density at radius 3 is 1.92 bits per heavy atom. The molecule has 1 aromatic carbocycles. The van der Waals surface area contributed by atoms with Crippen LogP contribution in [0.15, 0.2) is 28.0 Å². The monoisotopic (exact) mass is 213 g/mol. The van der Waals surface area contributed by atoms with Crippen molar-refractivity contribution in [2.75, 3.05) is 11.5 Å². The van der Waals surface area contributed by atoms with Crippen molar-refractivity contribution >= 4 is 23.5 Å². The zero-order valence-corrected chi connectivity index (χ0v) is 9.50. The van der Waals surface area contributed by atoms with Crippen LogP contribution in [0.2, 0.25) is 0 Å². The minimum absolute atomic E-state index is 0.196. The smallest absolute Gasteiger partial charge is 0.205 e. The number of thioether (sulfide) groups is 2. The highest BCUT2D eigenvalue weighted by atomic mass is 32.2. The molecule has 0 bridgehead atoms. The Kier molecular flexibility index (Phi) is 4.53. The summed E-state index contributed by atoms with van der Waals surface area (Å²) < 4.78 is 0. The summed E-state index contributed by atoms with van der Waals surface area (Å²) in [5.41, 5.74) is 0. The summed E-state index contributed by atoms with van der Waals surface area (Å²) in [6.45, 7) is 4.12. The van der Waals surface area contributed by atoms with Gasteiger partial charge >= 0.3 is 0 Å². The second-order valence-corrected chi connectivity index (χ2v) is 5.06. The second-order valence-electron chi connectivity index (χ2n) is 2.45. The van der Waals surface area contributed by atoms with Gasteiger partial charge in [0, 0.05) is 0 Å². The van der Waals surface area contributed by atoms with E-state index in [-0.39, 0.29) is 5.75 Å². The van der Waals surface area contributed by atoms with Gasteiger partial charge in [-0.1, -0.05) is 19.9 Å². The summed E-state index contributed by atoms with van der Waals surface area (Å²) in [4.78, 5) is 1.75. The number of benzene rings is 1. The Morgan fingerprint density at radius 2 is 1.54 bits per heavy atom. The Balaban J connectivity index is 2.89. The van der Waals surface area contributed by atoms with Crippen LogP contribution < -0.4 is 0 Å². The fourth-order valence-corrected chi connectivity index (χ4v) is 2.55. The quantitative estimate of drug-likeness (QED) is 0.703. The Morgan fingerprint density at radius 1 is 1.08 bits per heavy atom. The summed E-state index contributed by atoms with van der Waals surface area (Å²) in [5, 5.41) is 11.7. The molecule has 13 heavy (non-hydrogen) atoms. The van der Waals surface area contributed by atoms with Crippen LogP contribution in [0.3, 0.4) is 0 Å². The second kappa shape index (κ2) is 5.45. The summed E-state index contributed by atoms with van der Waals surface area (Å²) in [6.07, 6.45) is 0. The molecule has 0 aliphatic heterocycles. The fraction of sp³-hybridized carbons (Fsp3) is 0.400. The lowest BCUT2D eigenvalue weighted by atomic mass is 10.3. The molecule has 0 amide bonds. The van der Waals surface area contributed by atoms with Crippen LogP contribution in [0.25, 0.3) is 0 Å².